The third-order valence-corrected chi connectivity index (χ3v) is 7.46. The van der Waals surface area contributed by atoms with Gasteiger partial charge in [0.25, 0.3) is 0 Å². The maximum Gasteiger partial charge on any atom is 0.346 e. The normalized spacial score (nSPS) is 11.5. The van der Waals surface area contributed by atoms with Gasteiger partial charge in [-0.25, -0.2) is 27.0 Å². The molecule has 204 valence electrons. The van der Waals surface area contributed by atoms with E-state index in [2.05, 4.69) is 25.1 Å². The first kappa shape index (κ1) is 26.7. The topological polar surface area (TPSA) is 139 Å². The van der Waals surface area contributed by atoms with Crippen molar-refractivity contribution in [1.82, 2.24) is 19.7 Å². The first-order chi connectivity index (χ1) is 19.2. The summed E-state index contributed by atoms with van der Waals surface area (Å²) in [6.07, 6.45) is 5.96. The number of anilines is 2. The molecule has 2 aromatic carbocycles. The van der Waals surface area contributed by atoms with Gasteiger partial charge in [-0.15, -0.1) is 0 Å². The van der Waals surface area contributed by atoms with Crippen molar-refractivity contribution in [3.63, 3.8) is 0 Å². The number of para-hydroxylation sites is 1. The van der Waals surface area contributed by atoms with Gasteiger partial charge in [-0.3, -0.25) is 9.52 Å². The standard InChI is InChI=1S/C27H22F2N6O4S/c1-2-10-40(38,39)34-22-9-8-21(28)23(24(22)29)25(36)20-14-31-26-19(20)11-16(12-30-26)17-13-32-35(15-17)27(37)33-18-6-4-3-5-7-18/h3-9,11-15,34H,2,10H2,1H3,(H,30,31)(H,33,37). The van der Waals surface area contributed by atoms with Crippen LogP contribution in [0.5, 0.6) is 0 Å². The van der Waals surface area contributed by atoms with Crippen molar-refractivity contribution in [2.24, 2.45) is 0 Å². The van der Waals surface area contributed by atoms with E-state index in [0.29, 0.717) is 16.8 Å². The number of aromatic nitrogens is 4. The van der Waals surface area contributed by atoms with Crippen LogP contribution in [0.1, 0.15) is 29.3 Å². The zero-order valence-corrected chi connectivity index (χ0v) is 21.8. The Balaban J connectivity index is 1.46. The summed E-state index contributed by atoms with van der Waals surface area (Å²) in [7, 11) is -3.89. The molecule has 3 aromatic heterocycles. The Kier molecular flexibility index (Phi) is 7.13. The maximum atomic E-state index is 15.3. The lowest BCUT2D eigenvalue weighted by Gasteiger charge is -2.11. The monoisotopic (exact) mass is 564 g/mol. The smallest absolute Gasteiger partial charge is 0.345 e. The van der Waals surface area contributed by atoms with Crippen LogP contribution in [0.3, 0.4) is 0 Å². The Morgan fingerprint density at radius 2 is 1.82 bits per heavy atom. The van der Waals surface area contributed by atoms with Crippen LogP contribution in [0.15, 0.2) is 73.3 Å². The van der Waals surface area contributed by atoms with Gasteiger partial charge in [0.2, 0.25) is 15.8 Å². The number of hydrogen-bond donors (Lipinski definition) is 3. The zero-order valence-electron chi connectivity index (χ0n) is 21.0. The Morgan fingerprint density at radius 3 is 2.58 bits per heavy atom. The lowest BCUT2D eigenvalue weighted by molar-refractivity contribution is 0.103. The number of aromatic amines is 1. The van der Waals surface area contributed by atoms with Crippen molar-refractivity contribution in [1.29, 1.82) is 0 Å². The second-order valence-electron chi connectivity index (χ2n) is 8.83. The molecule has 10 nitrogen and oxygen atoms in total. The molecular formula is C27H22F2N6O4S. The fraction of sp³-hybridized carbons (Fsp3) is 0.111. The third kappa shape index (κ3) is 5.31. The average Bonchev–Trinajstić information content (AvgIpc) is 3.58. The van der Waals surface area contributed by atoms with Gasteiger partial charge >= 0.3 is 6.03 Å². The molecule has 0 saturated heterocycles. The van der Waals surface area contributed by atoms with E-state index in [4.69, 9.17) is 0 Å². The predicted octanol–water partition coefficient (Wildman–Crippen LogP) is 5.17. The highest BCUT2D eigenvalue weighted by Gasteiger charge is 2.26. The Bertz CT molecular complexity index is 1850. The van der Waals surface area contributed by atoms with Crippen LogP contribution < -0.4 is 10.0 Å². The first-order valence-corrected chi connectivity index (χ1v) is 13.7. The van der Waals surface area contributed by atoms with Crippen molar-refractivity contribution >= 4 is 44.2 Å². The zero-order chi connectivity index (χ0) is 28.4. The number of hydrogen-bond acceptors (Lipinski definition) is 6. The second kappa shape index (κ2) is 10.7. The van der Waals surface area contributed by atoms with E-state index in [9.17, 15) is 22.4 Å². The number of halogens is 2. The van der Waals surface area contributed by atoms with Gasteiger partial charge in [0, 0.05) is 46.4 Å². The van der Waals surface area contributed by atoms with E-state index in [1.54, 1.807) is 37.3 Å². The third-order valence-electron chi connectivity index (χ3n) is 5.98. The quantitative estimate of drug-likeness (QED) is 0.222. The molecule has 13 heteroatoms. The summed E-state index contributed by atoms with van der Waals surface area (Å²) in [5, 5.41) is 7.06. The van der Waals surface area contributed by atoms with Crippen molar-refractivity contribution < 1.29 is 26.8 Å². The summed E-state index contributed by atoms with van der Waals surface area (Å²) in [6, 6.07) is 11.7. The lowest BCUT2D eigenvalue weighted by Crippen LogP contribution is -2.19. The molecular weight excluding hydrogens is 542 g/mol. The summed E-state index contributed by atoms with van der Waals surface area (Å²) < 4.78 is 57.4. The van der Waals surface area contributed by atoms with E-state index in [-0.39, 0.29) is 28.8 Å². The van der Waals surface area contributed by atoms with Crippen LogP contribution >= 0.6 is 0 Å². The molecule has 5 aromatic rings. The molecule has 0 aliphatic heterocycles. The number of rotatable bonds is 8. The van der Waals surface area contributed by atoms with Crippen LogP contribution in [-0.2, 0) is 10.0 Å². The molecule has 3 N–H and O–H groups in total. The van der Waals surface area contributed by atoms with Gasteiger partial charge in [-0.2, -0.15) is 9.78 Å². The largest absolute Gasteiger partial charge is 0.346 e. The summed E-state index contributed by atoms with van der Waals surface area (Å²) in [5.41, 5.74) is 0.340. The molecule has 5 rings (SSSR count). The molecule has 1 amide bonds. The minimum atomic E-state index is -3.89. The SMILES string of the molecule is CCCS(=O)(=O)Nc1ccc(F)c(C(=O)c2c[nH]c3ncc(-c4cnn(C(=O)Nc5ccccc5)c4)cc23)c1F. The average molecular weight is 565 g/mol. The predicted molar refractivity (Wildman–Crippen MR) is 146 cm³/mol. The summed E-state index contributed by atoms with van der Waals surface area (Å²) in [6.45, 7) is 1.64. The van der Waals surface area contributed by atoms with Crippen molar-refractivity contribution in [2.45, 2.75) is 13.3 Å². The second-order valence-corrected chi connectivity index (χ2v) is 10.7. The van der Waals surface area contributed by atoms with Crippen molar-refractivity contribution in [3.8, 4) is 11.1 Å². The number of carbonyl (C=O) groups is 2. The number of benzene rings is 2. The van der Waals surface area contributed by atoms with E-state index in [1.807, 2.05) is 6.07 Å². The maximum absolute atomic E-state index is 15.3. The van der Waals surface area contributed by atoms with Gasteiger partial charge in [-0.05, 0) is 36.8 Å². The molecule has 0 spiro atoms. The van der Waals surface area contributed by atoms with E-state index in [1.165, 1.54) is 24.8 Å². The summed E-state index contributed by atoms with van der Waals surface area (Å²) in [4.78, 5) is 33.0. The number of nitrogens with zero attached hydrogens (tertiary/aromatic N) is 3. The van der Waals surface area contributed by atoms with Crippen LogP contribution in [0, 0.1) is 11.6 Å². The molecule has 0 aliphatic carbocycles. The molecule has 0 fully saturated rings. The molecule has 0 aliphatic rings. The fourth-order valence-corrected chi connectivity index (χ4v) is 5.23. The number of amides is 1. The number of carbonyl (C=O) groups excluding carboxylic acids is 2. The number of nitrogens with one attached hydrogen (secondary N) is 3. The molecule has 0 radical (unpaired) electrons. The molecule has 0 saturated carbocycles. The van der Waals surface area contributed by atoms with Crippen molar-refractivity contribution in [3.05, 3.63) is 96.1 Å². The molecule has 0 unspecified atom stereocenters. The molecule has 0 bridgehead atoms. The summed E-state index contributed by atoms with van der Waals surface area (Å²) in [5.74, 6) is -3.75. The number of H-pyrrole nitrogens is 1. The highest BCUT2D eigenvalue weighted by Crippen LogP contribution is 2.29. The van der Waals surface area contributed by atoms with Crippen LogP contribution in [0.4, 0.5) is 25.0 Å². The Hall–Kier alpha value is -4.91. The Morgan fingerprint density at radius 1 is 1.05 bits per heavy atom. The van der Waals surface area contributed by atoms with Gasteiger partial charge in [-0.1, -0.05) is 25.1 Å². The van der Waals surface area contributed by atoms with E-state index >= 15 is 4.39 Å². The number of fused-ring (bicyclic) bond motifs is 1. The lowest BCUT2D eigenvalue weighted by atomic mass is 10.0. The highest BCUT2D eigenvalue weighted by molar-refractivity contribution is 7.92. The summed E-state index contributed by atoms with van der Waals surface area (Å²) >= 11 is 0. The molecule has 40 heavy (non-hydrogen) atoms. The van der Waals surface area contributed by atoms with Crippen LogP contribution in [-0.4, -0.2) is 45.7 Å². The highest BCUT2D eigenvalue weighted by atomic mass is 32.2. The number of sulfonamides is 1. The number of pyridine rings is 1. The van der Waals surface area contributed by atoms with Gasteiger partial charge in [0.05, 0.1) is 23.2 Å². The molecule has 0 atom stereocenters. The van der Waals surface area contributed by atoms with Crippen molar-refractivity contribution in [2.75, 3.05) is 15.8 Å². The fourth-order valence-electron chi connectivity index (χ4n) is 4.10. The van der Waals surface area contributed by atoms with Gasteiger partial charge in [0.15, 0.2) is 5.82 Å². The van der Waals surface area contributed by atoms with Crippen LogP contribution in [0.25, 0.3) is 22.2 Å². The first-order valence-electron chi connectivity index (χ1n) is 12.1. The molecule has 3 heterocycles. The van der Waals surface area contributed by atoms with Gasteiger partial charge < -0.3 is 10.3 Å². The Labute approximate surface area is 227 Å². The van der Waals surface area contributed by atoms with Gasteiger partial charge in [0.1, 0.15) is 11.5 Å². The van der Waals surface area contributed by atoms with Crippen LogP contribution in [0.2, 0.25) is 0 Å². The number of ketones is 1. The van der Waals surface area contributed by atoms with E-state index < -0.39 is 44.7 Å². The van der Waals surface area contributed by atoms with E-state index in [0.717, 1.165) is 16.8 Å². The minimum absolute atomic E-state index is 0.0788. The minimum Gasteiger partial charge on any atom is -0.345 e.